The van der Waals surface area contributed by atoms with Crippen LogP contribution < -0.4 is 21.3 Å². The van der Waals surface area contributed by atoms with E-state index in [1.165, 1.54) is 14.2 Å². The summed E-state index contributed by atoms with van der Waals surface area (Å²) < 4.78 is 30.6. The molecule has 20 heteroatoms. The molecule has 4 saturated carbocycles. The van der Waals surface area contributed by atoms with Crippen LogP contribution in [-0.2, 0) is 88.3 Å². The molecule has 4 atom stereocenters. The number of alkyl carbamates (subject to hydrolysis) is 3. The number of benzene rings is 1. The van der Waals surface area contributed by atoms with Gasteiger partial charge in [-0.2, -0.15) is 0 Å². The van der Waals surface area contributed by atoms with E-state index >= 15 is 0 Å². The minimum Gasteiger partial charge on any atom is -0.467 e. The van der Waals surface area contributed by atoms with Crippen LogP contribution in [0.25, 0.3) is 0 Å². The molecule has 1 aromatic carbocycles. The third-order valence-corrected chi connectivity index (χ3v) is 12.3. The van der Waals surface area contributed by atoms with Crippen molar-refractivity contribution in [1.82, 2.24) is 21.3 Å². The smallest absolute Gasteiger partial charge is 0.467 e. The van der Waals surface area contributed by atoms with Crippen LogP contribution in [0.4, 0.5) is 14.4 Å². The zero-order valence-electron chi connectivity index (χ0n) is 45.9. The first-order chi connectivity index (χ1) is 35.3. The first-order valence-electron chi connectivity index (χ1n) is 24.7. The van der Waals surface area contributed by atoms with Crippen molar-refractivity contribution in [2.75, 3.05) is 20.8 Å². The first-order valence-corrected chi connectivity index (χ1v) is 28.4. The molecule has 0 spiro atoms. The third kappa shape index (κ3) is 31.5. The second-order valence-corrected chi connectivity index (χ2v) is 26.4. The predicted molar refractivity (Wildman–Crippen MR) is 285 cm³/mol. The Morgan fingerprint density at radius 3 is 1.17 bits per heavy atom. The molecule has 0 saturated heterocycles. The number of methoxy groups -OCH3 is 2. The number of hydrogen-bond donors (Lipinski definition) is 4. The number of ether oxygens (including phenoxy) is 6. The molecule has 4 fully saturated rings. The summed E-state index contributed by atoms with van der Waals surface area (Å²) in [6.07, 6.45) is 29.3. The molecule has 20 radical (unpaired) electrons. The van der Waals surface area contributed by atoms with Crippen LogP contribution in [0.2, 0.25) is 25.7 Å². The topological polar surface area (TPSA) is 223 Å². The summed E-state index contributed by atoms with van der Waals surface area (Å²) >= 11 is 0. The van der Waals surface area contributed by atoms with Gasteiger partial charge in [-0.1, -0.05) is 50.0 Å². The zero-order valence-corrected chi connectivity index (χ0v) is 49.1. The zero-order chi connectivity index (χ0) is 55.6. The summed E-state index contributed by atoms with van der Waals surface area (Å²) in [5.74, 6) is 1.73. The number of esters is 3. The van der Waals surface area contributed by atoms with Gasteiger partial charge in [0.2, 0.25) is 5.91 Å². The Hall–Kier alpha value is -3.83. The third-order valence-electron chi connectivity index (χ3n) is 10.6. The van der Waals surface area contributed by atoms with Gasteiger partial charge in [-0.05, 0) is 205 Å². The number of amides is 4. The Bertz CT molecular complexity index is 1910. The van der Waals surface area contributed by atoms with Crippen molar-refractivity contribution in [1.29, 1.82) is 0 Å². The SMILES string of the molecule is CC(C)(C)OC(=O)N[C@@H](C[C]1[CH][CH][CH][CH]1)C(=O)OCC[Si](C)(C)C.COC(=O)[C@H](C[C]1[CH][CH][CH][CH]1)NC(=O)OCc1ccccc1.COC(=O)[C@H](C[C]1[CH][CH][CH][CH]1)NC(=O)[C@H](C[C]1[CH][CH][CH][CH]1)NC(=O)OC(C)(C)C.[Fe+2].[Fe+2]. The summed E-state index contributed by atoms with van der Waals surface area (Å²) in [4.78, 5) is 85.3. The summed E-state index contributed by atoms with van der Waals surface area (Å²) in [6.45, 7) is 17.8. The van der Waals surface area contributed by atoms with E-state index in [0.717, 1.165) is 35.3 Å². The van der Waals surface area contributed by atoms with Gasteiger partial charge in [0.05, 0.1) is 20.8 Å². The fraction of sp³-hybridized carbons (Fsp3) is 0.421. The van der Waals surface area contributed by atoms with E-state index in [4.69, 9.17) is 28.4 Å². The molecule has 4 aliphatic carbocycles. The molecular weight excluding hydrogens is 1090 g/mol. The molecule has 77 heavy (non-hydrogen) atoms. The van der Waals surface area contributed by atoms with E-state index in [0.29, 0.717) is 25.9 Å². The molecule has 5 rings (SSSR count). The van der Waals surface area contributed by atoms with Crippen LogP contribution in [0.5, 0.6) is 0 Å². The number of nitrogens with one attached hydrogen (secondary N) is 4. The normalized spacial score (nSPS) is 17.6. The molecule has 4 amide bonds. The van der Waals surface area contributed by atoms with Crippen LogP contribution in [0.3, 0.4) is 0 Å². The fourth-order valence-electron chi connectivity index (χ4n) is 6.85. The largest absolute Gasteiger partial charge is 2.00 e. The van der Waals surface area contributed by atoms with Crippen LogP contribution in [0, 0.1) is 126 Å². The van der Waals surface area contributed by atoms with Crippen molar-refractivity contribution in [2.45, 2.75) is 135 Å². The average Bonchev–Trinajstić information content (AvgIpc) is 4.20. The van der Waals surface area contributed by atoms with Crippen molar-refractivity contribution in [3.63, 3.8) is 0 Å². The minimum absolute atomic E-state index is 0. The van der Waals surface area contributed by atoms with E-state index in [9.17, 15) is 33.6 Å². The average molecular weight is 1170 g/mol. The number of carbonyl (C=O) groups excluding carboxylic acids is 7. The molecule has 17 nitrogen and oxygen atoms in total. The first kappa shape index (κ1) is 71.2. The van der Waals surface area contributed by atoms with E-state index in [-0.39, 0.29) is 47.2 Å². The van der Waals surface area contributed by atoms with Crippen LogP contribution in [-0.4, -0.2) is 106 Å². The summed E-state index contributed by atoms with van der Waals surface area (Å²) in [5.41, 5.74) is -0.433. The second kappa shape index (κ2) is 36.4. The van der Waals surface area contributed by atoms with Crippen LogP contribution in [0.15, 0.2) is 30.3 Å². The number of rotatable bonds is 21. The van der Waals surface area contributed by atoms with Gasteiger partial charge in [-0.3, -0.25) is 4.79 Å². The molecule has 418 valence electrons. The Labute approximate surface area is 483 Å². The van der Waals surface area contributed by atoms with Gasteiger partial charge in [-0.25, -0.2) is 28.8 Å². The molecule has 0 aromatic heterocycles. The maximum Gasteiger partial charge on any atom is 2.00 e. The van der Waals surface area contributed by atoms with E-state index in [1.54, 1.807) is 41.5 Å². The standard InChI is InChI=1S/C22H28N2O5.C18H30NO4Si.C17H18NO4.2Fe/c1-22(2,3)29-21(27)24-17(13-15-9-5-6-10-15)19(25)23-18(20(26)28-4)14-16-11-7-8-12-16;1-18(2,3)23-17(21)19-15(13-14-9-7-8-10-14)16(20)22-11-12-24(4,5)6;1-21-16(19)15(11-13-7-5-6-8-13)18-17(20)22-12-14-9-3-2-4-10-14;;/h5-12,17-18H,13-14H2,1-4H3,(H,23,25)(H,24,27);7-10,15H,11-13H2,1-6H3,(H,19,21);2-10,15H,11-12H2,1H3,(H,18,20);;/q;;;2*+2/t17-,18-;2*15-;;/m000../s1. The molecule has 0 unspecified atom stereocenters. The molecule has 4 N–H and O–H groups in total. The van der Waals surface area contributed by atoms with Gasteiger partial charge in [0.15, 0.2) is 0 Å². The maximum absolute atomic E-state index is 12.9. The quantitative estimate of drug-likeness (QED) is 0.0522. The Balaban J connectivity index is 0.000000576. The molecular formula is C57H76Fe2N4O13Si+4. The van der Waals surface area contributed by atoms with Gasteiger partial charge in [0, 0.05) is 8.07 Å². The van der Waals surface area contributed by atoms with Gasteiger partial charge < -0.3 is 49.7 Å². The molecule has 0 bridgehead atoms. The Kier molecular flexibility index (Phi) is 33.7. The fourth-order valence-corrected chi connectivity index (χ4v) is 7.57. The summed E-state index contributed by atoms with van der Waals surface area (Å²) in [6, 6.07) is 6.94. The summed E-state index contributed by atoms with van der Waals surface area (Å²) in [5, 5.41) is 10.5. The van der Waals surface area contributed by atoms with E-state index in [2.05, 4.69) is 40.9 Å². The minimum atomic E-state index is -1.28. The number of hydrogen-bond acceptors (Lipinski definition) is 13. The second-order valence-electron chi connectivity index (χ2n) is 20.7. The van der Waals surface area contributed by atoms with Crippen molar-refractivity contribution in [3.8, 4) is 0 Å². The molecule has 1 aromatic rings. The predicted octanol–water partition coefficient (Wildman–Crippen LogP) is 7.93. The van der Waals surface area contributed by atoms with Crippen LogP contribution in [0.1, 0.15) is 72.8 Å². The van der Waals surface area contributed by atoms with E-state index < -0.39 is 85.5 Å². The van der Waals surface area contributed by atoms with Gasteiger partial charge in [0.1, 0.15) is 42.0 Å². The molecule has 0 aliphatic heterocycles. The Morgan fingerprint density at radius 1 is 0.468 bits per heavy atom. The number of carbonyl (C=O) groups is 7. The van der Waals surface area contributed by atoms with Crippen molar-refractivity contribution in [2.24, 2.45) is 0 Å². The van der Waals surface area contributed by atoms with Crippen molar-refractivity contribution in [3.05, 3.63) is 162 Å². The van der Waals surface area contributed by atoms with Crippen molar-refractivity contribution >= 4 is 50.2 Å². The van der Waals surface area contributed by atoms with Gasteiger partial charge in [0.25, 0.3) is 0 Å². The van der Waals surface area contributed by atoms with Crippen molar-refractivity contribution < 1.29 is 96.1 Å². The monoisotopic (exact) mass is 1160 g/mol. The van der Waals surface area contributed by atoms with Gasteiger partial charge >= 0.3 is 70.3 Å². The Morgan fingerprint density at radius 2 is 0.805 bits per heavy atom. The van der Waals surface area contributed by atoms with Crippen LogP contribution >= 0.6 is 0 Å². The maximum atomic E-state index is 12.9. The van der Waals surface area contributed by atoms with E-state index in [1.807, 2.05) is 133 Å². The van der Waals surface area contributed by atoms with Gasteiger partial charge in [-0.15, -0.1) is 0 Å². The molecule has 4 aliphatic rings. The summed E-state index contributed by atoms with van der Waals surface area (Å²) in [7, 11) is 1.28. The molecule has 0 heterocycles.